The second-order valence-electron chi connectivity index (χ2n) is 2.74. The summed E-state index contributed by atoms with van der Waals surface area (Å²) >= 11 is 5.66. The lowest BCUT2D eigenvalue weighted by atomic mass is 10.4. The van der Waals surface area contributed by atoms with Gasteiger partial charge >= 0.3 is 0 Å². The van der Waals surface area contributed by atoms with E-state index in [4.69, 9.17) is 17.3 Å². The van der Waals surface area contributed by atoms with Crippen LogP contribution in [0, 0.1) is 0 Å². The lowest BCUT2D eigenvalue weighted by Crippen LogP contribution is -1.97. The highest BCUT2D eigenvalue weighted by Gasteiger charge is 2.26. The molecule has 1 aromatic heterocycles. The molecule has 1 aliphatic carbocycles. The van der Waals surface area contributed by atoms with Gasteiger partial charge in [-0.15, -0.1) is 0 Å². The fraction of sp³-hybridized carbons (Fsp3) is 0.429. The highest BCUT2D eigenvalue weighted by Crippen LogP contribution is 2.38. The number of hydrogen-bond donors (Lipinski definition) is 1. The van der Waals surface area contributed by atoms with Crippen molar-refractivity contribution >= 4 is 17.4 Å². The first-order chi connectivity index (χ1) is 5.27. The second-order valence-corrected chi connectivity index (χ2v) is 3.14. The average molecular weight is 170 g/mol. The molecule has 2 rings (SSSR count). The Morgan fingerprint density at radius 3 is 2.82 bits per heavy atom. The van der Waals surface area contributed by atoms with Crippen LogP contribution in [0.4, 0.5) is 5.82 Å². The van der Waals surface area contributed by atoms with E-state index in [0.29, 0.717) is 16.8 Å². The maximum atomic E-state index is 5.66. The second kappa shape index (κ2) is 2.34. The Kier molecular flexibility index (Phi) is 1.46. The van der Waals surface area contributed by atoms with Crippen LogP contribution in [0.2, 0.25) is 5.02 Å². The van der Waals surface area contributed by atoms with E-state index in [-0.39, 0.29) is 0 Å². The van der Waals surface area contributed by atoms with Gasteiger partial charge in [0.2, 0.25) is 0 Å². The van der Waals surface area contributed by atoms with Crippen LogP contribution in [0.15, 0.2) is 6.20 Å². The fourth-order valence-corrected chi connectivity index (χ4v) is 1.02. The van der Waals surface area contributed by atoms with E-state index in [1.165, 1.54) is 12.8 Å². The van der Waals surface area contributed by atoms with Crippen LogP contribution in [0.3, 0.4) is 0 Å². The Labute approximate surface area is 69.6 Å². The minimum Gasteiger partial charge on any atom is -0.382 e. The lowest BCUT2D eigenvalue weighted by molar-refractivity contribution is 0.932. The first-order valence-corrected chi connectivity index (χ1v) is 3.93. The van der Waals surface area contributed by atoms with Crippen molar-refractivity contribution in [2.75, 3.05) is 5.73 Å². The topological polar surface area (TPSA) is 51.8 Å². The van der Waals surface area contributed by atoms with Gasteiger partial charge < -0.3 is 5.73 Å². The SMILES string of the molecule is Nc1nc(C2CC2)ncc1Cl. The van der Waals surface area contributed by atoms with E-state index in [1.54, 1.807) is 6.20 Å². The van der Waals surface area contributed by atoms with Crippen molar-refractivity contribution in [3.63, 3.8) is 0 Å². The van der Waals surface area contributed by atoms with Crippen LogP contribution < -0.4 is 5.73 Å². The molecule has 0 aromatic carbocycles. The van der Waals surface area contributed by atoms with Crippen molar-refractivity contribution in [2.24, 2.45) is 0 Å². The molecule has 1 heterocycles. The standard InChI is InChI=1S/C7H8ClN3/c8-5-3-10-7(4-1-2-4)11-6(5)9/h3-4H,1-2H2,(H2,9,10,11). The van der Waals surface area contributed by atoms with E-state index in [2.05, 4.69) is 9.97 Å². The quantitative estimate of drug-likeness (QED) is 0.695. The molecule has 1 saturated carbocycles. The normalized spacial score (nSPS) is 16.8. The van der Waals surface area contributed by atoms with Gasteiger partial charge in [0, 0.05) is 5.92 Å². The summed E-state index contributed by atoms with van der Waals surface area (Å²) in [4.78, 5) is 8.15. The summed E-state index contributed by atoms with van der Waals surface area (Å²) in [6, 6.07) is 0. The van der Waals surface area contributed by atoms with Crippen LogP contribution in [-0.2, 0) is 0 Å². The largest absolute Gasteiger partial charge is 0.382 e. The minimum absolute atomic E-state index is 0.392. The third-order valence-electron chi connectivity index (χ3n) is 1.73. The van der Waals surface area contributed by atoms with E-state index in [9.17, 15) is 0 Å². The Morgan fingerprint density at radius 1 is 1.55 bits per heavy atom. The van der Waals surface area contributed by atoms with Crippen LogP contribution >= 0.6 is 11.6 Å². The molecule has 11 heavy (non-hydrogen) atoms. The molecule has 0 bridgehead atoms. The van der Waals surface area contributed by atoms with Crippen molar-refractivity contribution in [2.45, 2.75) is 18.8 Å². The predicted octanol–water partition coefficient (Wildman–Crippen LogP) is 1.59. The van der Waals surface area contributed by atoms with Crippen molar-refractivity contribution in [3.8, 4) is 0 Å². The molecular weight excluding hydrogens is 162 g/mol. The molecule has 0 spiro atoms. The van der Waals surface area contributed by atoms with Gasteiger partial charge in [-0.1, -0.05) is 11.6 Å². The number of anilines is 1. The van der Waals surface area contributed by atoms with Gasteiger partial charge in [0.15, 0.2) is 0 Å². The summed E-state index contributed by atoms with van der Waals surface area (Å²) in [6.07, 6.45) is 3.93. The predicted molar refractivity (Wildman–Crippen MR) is 43.4 cm³/mol. The highest BCUT2D eigenvalue weighted by atomic mass is 35.5. The number of nitrogen functional groups attached to an aromatic ring is 1. The van der Waals surface area contributed by atoms with Crippen molar-refractivity contribution < 1.29 is 0 Å². The molecule has 2 N–H and O–H groups in total. The Balaban J connectivity index is 2.36. The molecule has 4 heteroatoms. The van der Waals surface area contributed by atoms with E-state index in [1.807, 2.05) is 0 Å². The first-order valence-electron chi connectivity index (χ1n) is 3.55. The van der Waals surface area contributed by atoms with Gasteiger partial charge in [0.25, 0.3) is 0 Å². The zero-order chi connectivity index (χ0) is 7.84. The molecule has 0 saturated heterocycles. The summed E-state index contributed by atoms with van der Waals surface area (Å²) in [5, 5.41) is 0.439. The first kappa shape index (κ1) is 6.85. The third kappa shape index (κ3) is 1.28. The summed E-state index contributed by atoms with van der Waals surface area (Å²) in [5.41, 5.74) is 5.50. The number of halogens is 1. The minimum atomic E-state index is 0.392. The van der Waals surface area contributed by atoms with Gasteiger partial charge in [-0.3, -0.25) is 0 Å². The number of hydrogen-bond acceptors (Lipinski definition) is 3. The molecule has 58 valence electrons. The van der Waals surface area contributed by atoms with Gasteiger partial charge in [-0.2, -0.15) is 0 Å². The number of nitrogens with zero attached hydrogens (tertiary/aromatic N) is 2. The Hall–Kier alpha value is -0.830. The van der Waals surface area contributed by atoms with Gasteiger partial charge in [-0.25, -0.2) is 9.97 Å². The molecule has 1 fully saturated rings. The molecule has 0 amide bonds. The van der Waals surface area contributed by atoms with Gasteiger partial charge in [-0.05, 0) is 12.8 Å². The molecule has 0 aliphatic heterocycles. The molecule has 0 unspecified atom stereocenters. The van der Waals surface area contributed by atoms with E-state index >= 15 is 0 Å². The van der Waals surface area contributed by atoms with Crippen LogP contribution in [0.1, 0.15) is 24.6 Å². The van der Waals surface area contributed by atoms with Crippen molar-refractivity contribution in [1.29, 1.82) is 0 Å². The molecule has 1 aromatic rings. The molecular formula is C7H8ClN3. The Bertz CT molecular complexity index is 283. The summed E-state index contributed by atoms with van der Waals surface area (Å²) in [6.45, 7) is 0. The monoisotopic (exact) mass is 169 g/mol. The van der Waals surface area contributed by atoms with Gasteiger partial charge in [0.05, 0.1) is 6.20 Å². The highest BCUT2D eigenvalue weighted by molar-refractivity contribution is 6.32. The summed E-state index contributed by atoms with van der Waals surface area (Å²) in [7, 11) is 0. The lowest BCUT2D eigenvalue weighted by Gasteiger charge is -1.98. The zero-order valence-electron chi connectivity index (χ0n) is 5.92. The van der Waals surface area contributed by atoms with Crippen LogP contribution in [-0.4, -0.2) is 9.97 Å². The maximum Gasteiger partial charge on any atom is 0.145 e. The van der Waals surface area contributed by atoms with E-state index < -0.39 is 0 Å². The maximum absolute atomic E-state index is 5.66. The summed E-state index contributed by atoms with van der Waals surface area (Å²) in [5.74, 6) is 1.77. The zero-order valence-corrected chi connectivity index (χ0v) is 6.67. The number of nitrogens with two attached hydrogens (primary N) is 1. The average Bonchev–Trinajstić information content (AvgIpc) is 2.77. The summed E-state index contributed by atoms with van der Waals surface area (Å²) < 4.78 is 0. The fourth-order valence-electron chi connectivity index (χ4n) is 0.933. The van der Waals surface area contributed by atoms with Crippen molar-refractivity contribution in [3.05, 3.63) is 17.0 Å². The van der Waals surface area contributed by atoms with E-state index in [0.717, 1.165) is 5.82 Å². The molecule has 3 nitrogen and oxygen atoms in total. The Morgan fingerprint density at radius 2 is 2.27 bits per heavy atom. The van der Waals surface area contributed by atoms with Crippen molar-refractivity contribution in [1.82, 2.24) is 9.97 Å². The molecule has 0 atom stereocenters. The van der Waals surface area contributed by atoms with Gasteiger partial charge in [0.1, 0.15) is 16.7 Å². The smallest absolute Gasteiger partial charge is 0.145 e. The molecule has 0 radical (unpaired) electrons. The number of rotatable bonds is 1. The third-order valence-corrected chi connectivity index (χ3v) is 2.02. The number of aromatic nitrogens is 2. The van der Waals surface area contributed by atoms with Crippen LogP contribution in [0.25, 0.3) is 0 Å². The molecule has 1 aliphatic rings. The van der Waals surface area contributed by atoms with Crippen LogP contribution in [0.5, 0.6) is 0 Å².